The first-order valence-electron chi connectivity index (χ1n) is 5.65. The van der Waals surface area contributed by atoms with Crippen LogP contribution in [0.25, 0.3) is 0 Å². The highest BCUT2D eigenvalue weighted by Gasteiger charge is 2.26. The van der Waals surface area contributed by atoms with Gasteiger partial charge in [0.25, 0.3) is 0 Å². The van der Waals surface area contributed by atoms with E-state index < -0.39 is 10.0 Å². The second kappa shape index (κ2) is 6.06. The van der Waals surface area contributed by atoms with Crippen LogP contribution in [0.2, 0.25) is 0 Å². The van der Waals surface area contributed by atoms with Gasteiger partial charge in [0.15, 0.2) is 0 Å². The van der Waals surface area contributed by atoms with E-state index in [9.17, 15) is 8.42 Å². The van der Waals surface area contributed by atoms with Gasteiger partial charge < -0.3 is 0 Å². The second-order valence-electron chi connectivity index (χ2n) is 4.27. The molecule has 5 heteroatoms. The fourth-order valence-corrected chi connectivity index (χ4v) is 3.59. The molecular weight excluding hydrogens is 234 g/mol. The largest absolute Gasteiger partial charge is 0.215 e. The van der Waals surface area contributed by atoms with Crippen LogP contribution in [-0.4, -0.2) is 25.6 Å². The second-order valence-corrected chi connectivity index (χ2v) is 7.06. The van der Waals surface area contributed by atoms with Crippen molar-refractivity contribution in [3.05, 3.63) is 0 Å². The maximum absolute atomic E-state index is 11.8. The van der Waals surface area contributed by atoms with Gasteiger partial charge in [-0.2, -0.15) is 0 Å². The molecule has 1 rings (SSSR count). The van der Waals surface area contributed by atoms with Gasteiger partial charge in [0.2, 0.25) is 10.0 Å². The summed E-state index contributed by atoms with van der Waals surface area (Å²) in [5.41, 5.74) is 0. The molecule has 0 aromatic heterocycles. The lowest BCUT2D eigenvalue weighted by atomic mass is 10.0. The van der Waals surface area contributed by atoms with E-state index in [0.29, 0.717) is 13.0 Å². The summed E-state index contributed by atoms with van der Waals surface area (Å²) >= 11 is 5.76. The molecule has 0 amide bonds. The monoisotopic (exact) mass is 253 g/mol. The van der Waals surface area contributed by atoms with Crippen molar-refractivity contribution in [3.63, 3.8) is 0 Å². The molecule has 0 spiro atoms. The lowest BCUT2D eigenvalue weighted by molar-refractivity contribution is 0.477. The predicted molar refractivity (Wildman–Crippen MR) is 63.7 cm³/mol. The van der Waals surface area contributed by atoms with E-state index in [1.807, 2.05) is 6.92 Å². The zero-order valence-corrected chi connectivity index (χ0v) is 10.8. The third-order valence-electron chi connectivity index (χ3n) is 2.84. The minimum atomic E-state index is -3.09. The van der Waals surface area contributed by atoms with Gasteiger partial charge in [0, 0.05) is 11.9 Å². The molecule has 15 heavy (non-hydrogen) atoms. The maximum atomic E-state index is 11.8. The molecule has 1 N–H and O–H groups in total. The molecule has 3 nitrogen and oxygen atoms in total. The van der Waals surface area contributed by atoms with Crippen molar-refractivity contribution in [2.24, 2.45) is 0 Å². The Hall–Kier alpha value is 0.200. The summed E-state index contributed by atoms with van der Waals surface area (Å²) in [5, 5.41) is -0.143. The van der Waals surface area contributed by atoms with Crippen LogP contribution in [0.3, 0.4) is 0 Å². The van der Waals surface area contributed by atoms with Gasteiger partial charge in [-0.05, 0) is 26.2 Å². The number of alkyl halides is 1. The molecule has 0 aliphatic heterocycles. The van der Waals surface area contributed by atoms with Crippen molar-refractivity contribution < 1.29 is 8.42 Å². The van der Waals surface area contributed by atoms with E-state index in [1.54, 1.807) is 0 Å². The topological polar surface area (TPSA) is 46.2 Å². The molecule has 0 heterocycles. The van der Waals surface area contributed by atoms with Crippen molar-refractivity contribution >= 4 is 21.6 Å². The van der Waals surface area contributed by atoms with Crippen LogP contribution in [0.5, 0.6) is 0 Å². The lowest BCUT2D eigenvalue weighted by Gasteiger charge is -2.22. The normalized spacial score (nSPS) is 21.5. The van der Waals surface area contributed by atoms with E-state index in [4.69, 9.17) is 11.6 Å². The van der Waals surface area contributed by atoms with E-state index >= 15 is 0 Å². The average Bonchev–Trinajstić information content (AvgIpc) is 2.18. The first kappa shape index (κ1) is 13.3. The molecule has 1 saturated carbocycles. The summed E-state index contributed by atoms with van der Waals surface area (Å²) in [7, 11) is -3.09. The van der Waals surface area contributed by atoms with Gasteiger partial charge in [-0.25, -0.2) is 13.1 Å². The summed E-state index contributed by atoms with van der Waals surface area (Å²) in [6.07, 6.45) is 5.56. The number of hydrogen-bond donors (Lipinski definition) is 1. The Morgan fingerprint density at radius 1 is 1.33 bits per heavy atom. The van der Waals surface area contributed by atoms with E-state index in [0.717, 1.165) is 25.7 Å². The molecule has 0 radical (unpaired) electrons. The molecular formula is C10H20ClNO2S. The molecule has 0 aromatic carbocycles. The number of sulfonamides is 1. The highest BCUT2D eigenvalue weighted by atomic mass is 35.5. The highest BCUT2D eigenvalue weighted by molar-refractivity contribution is 7.90. The van der Waals surface area contributed by atoms with Gasteiger partial charge in [-0.1, -0.05) is 19.3 Å². The Morgan fingerprint density at radius 2 is 1.93 bits per heavy atom. The number of halogens is 1. The first-order valence-corrected chi connectivity index (χ1v) is 7.63. The summed E-state index contributed by atoms with van der Waals surface area (Å²) in [6, 6.07) is 0. The van der Waals surface area contributed by atoms with Crippen LogP contribution in [0, 0.1) is 0 Å². The molecule has 1 unspecified atom stereocenters. The standard InChI is InChI=1S/C10H20ClNO2S/c1-9(11)7-8-12-15(13,14)10-5-3-2-4-6-10/h9-10,12H,2-8H2,1H3. The van der Waals surface area contributed by atoms with E-state index in [-0.39, 0.29) is 10.6 Å². The SMILES string of the molecule is CC(Cl)CCNS(=O)(=O)C1CCCCC1. The Labute approximate surface area is 97.6 Å². The molecule has 1 fully saturated rings. The Morgan fingerprint density at radius 3 is 2.47 bits per heavy atom. The fraction of sp³-hybridized carbons (Fsp3) is 1.00. The zero-order chi connectivity index (χ0) is 11.3. The Kier molecular flexibility index (Phi) is 5.36. The highest BCUT2D eigenvalue weighted by Crippen LogP contribution is 2.22. The van der Waals surface area contributed by atoms with Crippen LogP contribution >= 0.6 is 11.6 Å². The van der Waals surface area contributed by atoms with Crippen LogP contribution in [0.15, 0.2) is 0 Å². The molecule has 1 aliphatic carbocycles. The van der Waals surface area contributed by atoms with Crippen molar-refractivity contribution in [3.8, 4) is 0 Å². The molecule has 0 aromatic rings. The minimum absolute atomic E-state index is 0.0269. The lowest BCUT2D eigenvalue weighted by Crippen LogP contribution is -2.36. The molecule has 1 atom stereocenters. The average molecular weight is 254 g/mol. The summed E-state index contributed by atoms with van der Waals surface area (Å²) < 4.78 is 26.3. The Balaban J connectivity index is 2.36. The Bertz CT molecular complexity index is 271. The fourth-order valence-electron chi connectivity index (χ4n) is 1.89. The van der Waals surface area contributed by atoms with Crippen LogP contribution < -0.4 is 4.72 Å². The van der Waals surface area contributed by atoms with Crippen molar-refractivity contribution in [2.75, 3.05) is 6.54 Å². The quantitative estimate of drug-likeness (QED) is 0.764. The van der Waals surface area contributed by atoms with Crippen molar-refractivity contribution in [2.45, 2.75) is 56.1 Å². The van der Waals surface area contributed by atoms with Crippen LogP contribution in [0.4, 0.5) is 0 Å². The summed E-state index contributed by atoms with van der Waals surface area (Å²) in [4.78, 5) is 0. The summed E-state index contributed by atoms with van der Waals surface area (Å²) in [5.74, 6) is 0. The minimum Gasteiger partial charge on any atom is -0.215 e. The van der Waals surface area contributed by atoms with Gasteiger partial charge >= 0.3 is 0 Å². The number of hydrogen-bond acceptors (Lipinski definition) is 2. The van der Waals surface area contributed by atoms with Gasteiger partial charge in [-0.15, -0.1) is 11.6 Å². The molecule has 0 bridgehead atoms. The third kappa shape index (κ3) is 4.70. The molecule has 0 saturated heterocycles. The van der Waals surface area contributed by atoms with Gasteiger partial charge in [-0.3, -0.25) is 0 Å². The van der Waals surface area contributed by atoms with Crippen molar-refractivity contribution in [1.29, 1.82) is 0 Å². The van der Waals surface area contributed by atoms with E-state index in [1.165, 1.54) is 6.42 Å². The smallest absolute Gasteiger partial charge is 0.214 e. The number of nitrogens with one attached hydrogen (secondary N) is 1. The van der Waals surface area contributed by atoms with Gasteiger partial charge in [0.1, 0.15) is 0 Å². The first-order chi connectivity index (χ1) is 7.02. The van der Waals surface area contributed by atoms with Gasteiger partial charge in [0.05, 0.1) is 5.25 Å². The molecule has 1 aliphatic rings. The van der Waals surface area contributed by atoms with Crippen LogP contribution in [-0.2, 0) is 10.0 Å². The number of rotatable bonds is 5. The third-order valence-corrected chi connectivity index (χ3v) is 5.01. The summed E-state index contributed by atoms with van der Waals surface area (Å²) in [6.45, 7) is 2.33. The van der Waals surface area contributed by atoms with E-state index in [2.05, 4.69) is 4.72 Å². The predicted octanol–water partition coefficient (Wildman–Crippen LogP) is 2.26. The zero-order valence-electron chi connectivity index (χ0n) is 9.21. The maximum Gasteiger partial charge on any atom is 0.214 e. The van der Waals surface area contributed by atoms with Crippen LogP contribution in [0.1, 0.15) is 45.4 Å². The van der Waals surface area contributed by atoms with Crippen molar-refractivity contribution in [1.82, 2.24) is 4.72 Å². The molecule has 90 valence electrons.